The molecule has 0 saturated carbocycles. The van der Waals surface area contributed by atoms with Gasteiger partial charge in [-0.25, -0.2) is 9.18 Å². The molecular formula is C19H25FN2O4S. The quantitative estimate of drug-likeness (QED) is 0.412. The zero-order valence-electron chi connectivity index (χ0n) is 16.0. The van der Waals surface area contributed by atoms with Crippen LogP contribution in [-0.4, -0.2) is 56.1 Å². The lowest BCUT2D eigenvalue weighted by molar-refractivity contribution is -0.140. The van der Waals surface area contributed by atoms with Gasteiger partial charge in [0.15, 0.2) is 5.11 Å². The van der Waals surface area contributed by atoms with Crippen LogP contribution in [0.5, 0.6) is 0 Å². The topological polar surface area (TPSA) is 60.0 Å². The van der Waals surface area contributed by atoms with Crippen molar-refractivity contribution in [1.29, 1.82) is 0 Å². The van der Waals surface area contributed by atoms with Crippen LogP contribution in [-0.2, 0) is 19.0 Å². The summed E-state index contributed by atoms with van der Waals surface area (Å²) in [6, 6.07) is 5.38. The van der Waals surface area contributed by atoms with Crippen molar-refractivity contribution < 1.29 is 23.4 Å². The first-order valence-electron chi connectivity index (χ1n) is 8.61. The van der Waals surface area contributed by atoms with Gasteiger partial charge in [0.05, 0.1) is 30.9 Å². The molecule has 6 nitrogen and oxygen atoms in total. The lowest BCUT2D eigenvalue weighted by atomic mass is 9.94. The summed E-state index contributed by atoms with van der Waals surface area (Å²) in [5, 5.41) is 3.59. The third kappa shape index (κ3) is 5.03. The third-order valence-electron chi connectivity index (χ3n) is 4.30. The Morgan fingerprint density at radius 2 is 2.07 bits per heavy atom. The Bertz CT molecular complexity index is 725. The molecular weight excluding hydrogens is 371 g/mol. The van der Waals surface area contributed by atoms with Crippen molar-refractivity contribution in [2.24, 2.45) is 0 Å². The first-order valence-corrected chi connectivity index (χ1v) is 9.02. The maximum atomic E-state index is 13.8. The first kappa shape index (κ1) is 21.3. The van der Waals surface area contributed by atoms with Crippen LogP contribution in [0, 0.1) is 5.82 Å². The van der Waals surface area contributed by atoms with Crippen LogP contribution < -0.4 is 5.32 Å². The number of nitrogens with zero attached hydrogens (tertiary/aromatic N) is 1. The van der Waals surface area contributed by atoms with Crippen LogP contribution in [0.4, 0.5) is 4.39 Å². The van der Waals surface area contributed by atoms with Crippen molar-refractivity contribution in [2.75, 3.05) is 34.0 Å². The minimum Gasteiger partial charge on any atom is -0.460 e. The fourth-order valence-electron chi connectivity index (χ4n) is 3.10. The summed E-state index contributed by atoms with van der Waals surface area (Å²) in [4.78, 5) is 14.6. The second kappa shape index (κ2) is 9.77. The number of carbonyl (C=O) groups excluding carboxylic acids is 1. The molecule has 0 aromatic heterocycles. The molecule has 1 aliphatic heterocycles. The van der Waals surface area contributed by atoms with Gasteiger partial charge in [0, 0.05) is 19.9 Å². The molecule has 0 fully saturated rings. The molecule has 2 atom stereocenters. The Morgan fingerprint density at radius 1 is 1.33 bits per heavy atom. The van der Waals surface area contributed by atoms with E-state index >= 15 is 0 Å². The van der Waals surface area contributed by atoms with Gasteiger partial charge in [-0.1, -0.05) is 12.1 Å². The Morgan fingerprint density at radius 3 is 2.70 bits per heavy atom. The highest BCUT2D eigenvalue weighted by molar-refractivity contribution is 7.80. The molecule has 0 aliphatic carbocycles. The third-order valence-corrected chi connectivity index (χ3v) is 4.61. The maximum absolute atomic E-state index is 13.8. The van der Waals surface area contributed by atoms with Crippen molar-refractivity contribution in [1.82, 2.24) is 10.2 Å². The number of hydrogen-bond acceptors (Lipinski definition) is 5. The molecule has 1 aromatic rings. The average Bonchev–Trinajstić information content (AvgIpc) is 2.61. The molecule has 1 aliphatic rings. The van der Waals surface area contributed by atoms with Gasteiger partial charge < -0.3 is 24.4 Å². The zero-order valence-corrected chi connectivity index (χ0v) is 16.8. The van der Waals surface area contributed by atoms with Crippen LogP contribution in [0.3, 0.4) is 0 Å². The SMILES string of the molecule is COCCOC(=O)C1=C(C)N([C@@H](C)COC)C(=S)N[C@@H]1c1cccc(F)c1. The summed E-state index contributed by atoms with van der Waals surface area (Å²) in [5.74, 6) is -0.886. The van der Waals surface area contributed by atoms with E-state index in [1.54, 1.807) is 26.2 Å². The van der Waals surface area contributed by atoms with E-state index in [0.717, 1.165) is 0 Å². The largest absolute Gasteiger partial charge is 0.460 e. The number of benzene rings is 1. The van der Waals surface area contributed by atoms with Crippen molar-refractivity contribution >= 4 is 23.3 Å². The normalized spacial score (nSPS) is 18.3. The fourth-order valence-corrected chi connectivity index (χ4v) is 3.53. The highest BCUT2D eigenvalue weighted by Gasteiger charge is 2.36. The van der Waals surface area contributed by atoms with Crippen molar-refractivity contribution in [3.63, 3.8) is 0 Å². The van der Waals surface area contributed by atoms with E-state index in [1.165, 1.54) is 19.2 Å². The second-order valence-electron chi connectivity index (χ2n) is 6.24. The van der Waals surface area contributed by atoms with E-state index < -0.39 is 12.0 Å². The van der Waals surface area contributed by atoms with Crippen molar-refractivity contribution in [2.45, 2.75) is 25.9 Å². The van der Waals surface area contributed by atoms with Gasteiger partial charge in [-0.3, -0.25) is 0 Å². The molecule has 8 heteroatoms. The maximum Gasteiger partial charge on any atom is 0.338 e. The Hall–Kier alpha value is -2.03. The fraction of sp³-hybridized carbons (Fsp3) is 0.474. The summed E-state index contributed by atoms with van der Waals surface area (Å²) in [5.41, 5.74) is 1.63. The summed E-state index contributed by atoms with van der Waals surface area (Å²) in [6.07, 6.45) is 0. The number of rotatable bonds is 8. The number of allylic oxidation sites excluding steroid dienone is 1. The van der Waals surface area contributed by atoms with Gasteiger partial charge in [0.2, 0.25) is 0 Å². The van der Waals surface area contributed by atoms with E-state index in [1.807, 2.05) is 11.8 Å². The van der Waals surface area contributed by atoms with E-state index in [4.69, 9.17) is 26.4 Å². The molecule has 27 heavy (non-hydrogen) atoms. The van der Waals surface area contributed by atoms with Crippen molar-refractivity contribution in [3.8, 4) is 0 Å². The summed E-state index contributed by atoms with van der Waals surface area (Å²) < 4.78 is 29.3. The highest BCUT2D eigenvalue weighted by Crippen LogP contribution is 2.32. The summed E-state index contributed by atoms with van der Waals surface area (Å²) in [6.45, 7) is 4.59. The highest BCUT2D eigenvalue weighted by atomic mass is 32.1. The number of halogens is 1. The molecule has 0 unspecified atom stereocenters. The smallest absolute Gasteiger partial charge is 0.338 e. The van der Waals surface area contributed by atoms with Crippen LogP contribution in [0.2, 0.25) is 0 Å². The number of esters is 1. The first-order chi connectivity index (χ1) is 12.9. The number of thiocarbonyl (C=S) groups is 1. The standard InChI is InChI=1S/C19H25FN2O4S/c1-12(11-25-4)22-13(2)16(18(23)26-9-8-24-3)17(21-19(22)27)14-6-5-7-15(20)10-14/h5-7,10,12,17H,8-9,11H2,1-4H3,(H,21,27)/t12-,17+/m0/s1. The van der Waals surface area contributed by atoms with Gasteiger partial charge in [-0.15, -0.1) is 0 Å². The summed E-state index contributed by atoms with van der Waals surface area (Å²) in [7, 11) is 3.13. The molecule has 0 saturated heterocycles. The zero-order chi connectivity index (χ0) is 20.0. The van der Waals surface area contributed by atoms with Gasteiger partial charge in [-0.05, 0) is 43.8 Å². The van der Waals surface area contributed by atoms with Crippen LogP contribution >= 0.6 is 12.2 Å². The molecule has 1 N–H and O–H groups in total. The van der Waals surface area contributed by atoms with Crippen molar-refractivity contribution in [3.05, 3.63) is 46.9 Å². The predicted molar refractivity (Wildman–Crippen MR) is 104 cm³/mol. The van der Waals surface area contributed by atoms with Crippen LogP contribution in [0.15, 0.2) is 35.5 Å². The van der Waals surface area contributed by atoms with E-state index in [0.29, 0.717) is 35.2 Å². The van der Waals surface area contributed by atoms with Gasteiger partial charge in [0.25, 0.3) is 0 Å². The number of ether oxygens (including phenoxy) is 3. The Labute approximate surface area is 164 Å². The van der Waals surface area contributed by atoms with E-state index in [-0.39, 0.29) is 18.5 Å². The van der Waals surface area contributed by atoms with Gasteiger partial charge in [0.1, 0.15) is 12.4 Å². The molecule has 2 rings (SSSR count). The van der Waals surface area contributed by atoms with E-state index in [9.17, 15) is 9.18 Å². The predicted octanol–water partition coefficient (Wildman–Crippen LogP) is 2.56. The Balaban J connectivity index is 2.46. The second-order valence-corrected chi connectivity index (χ2v) is 6.63. The van der Waals surface area contributed by atoms with Gasteiger partial charge >= 0.3 is 5.97 Å². The van der Waals surface area contributed by atoms with E-state index in [2.05, 4.69) is 5.32 Å². The average molecular weight is 396 g/mol. The number of nitrogens with one attached hydrogen (secondary N) is 1. The molecule has 1 aromatic carbocycles. The van der Waals surface area contributed by atoms with Crippen LogP contribution in [0.25, 0.3) is 0 Å². The minimum atomic E-state index is -0.603. The summed E-state index contributed by atoms with van der Waals surface area (Å²) >= 11 is 5.51. The molecule has 0 amide bonds. The molecule has 0 spiro atoms. The molecule has 1 heterocycles. The lowest BCUT2D eigenvalue weighted by Crippen LogP contribution is -2.52. The molecule has 148 valence electrons. The minimum absolute atomic E-state index is 0.0924. The lowest BCUT2D eigenvalue weighted by Gasteiger charge is -2.40. The number of hydrogen-bond donors (Lipinski definition) is 1. The monoisotopic (exact) mass is 396 g/mol. The molecule has 0 radical (unpaired) electrons. The van der Waals surface area contributed by atoms with Crippen LogP contribution in [0.1, 0.15) is 25.5 Å². The Kier molecular flexibility index (Phi) is 7.70. The number of carbonyl (C=O) groups is 1. The van der Waals surface area contributed by atoms with Gasteiger partial charge in [-0.2, -0.15) is 0 Å². The number of methoxy groups -OCH3 is 2. The molecule has 0 bridgehead atoms.